The number of ether oxygens (including phenoxy) is 1. The Morgan fingerprint density at radius 1 is 1.80 bits per heavy atom. The van der Waals surface area contributed by atoms with Gasteiger partial charge in [0.2, 0.25) is 0 Å². The first kappa shape index (κ1) is 7.52. The molecule has 0 amide bonds. The van der Waals surface area contributed by atoms with Crippen molar-refractivity contribution in [2.24, 2.45) is 11.7 Å². The molecule has 3 heteroatoms. The Hall–Kier alpha value is -0.590. The molecule has 1 fully saturated rings. The van der Waals surface area contributed by atoms with Gasteiger partial charge in [-0.3, -0.25) is 0 Å². The molecule has 56 valence electrons. The van der Waals surface area contributed by atoms with Gasteiger partial charge in [0.1, 0.15) is 0 Å². The topological polar surface area (TPSA) is 59.0 Å². The average molecular weight is 140 g/mol. The van der Waals surface area contributed by atoms with Crippen LogP contribution < -0.4 is 5.73 Å². The zero-order chi connectivity index (χ0) is 7.40. The Morgan fingerprint density at radius 3 is 3.10 bits per heavy atom. The van der Waals surface area contributed by atoms with Crippen molar-refractivity contribution in [3.63, 3.8) is 0 Å². The minimum atomic E-state index is -0.299. The van der Waals surface area contributed by atoms with Gasteiger partial charge in [0, 0.05) is 13.2 Å². The first-order valence-electron chi connectivity index (χ1n) is 3.56. The molecule has 2 N–H and O–H groups in total. The lowest BCUT2D eigenvalue weighted by molar-refractivity contribution is 0.183. The summed E-state index contributed by atoms with van der Waals surface area (Å²) < 4.78 is 5.14. The molecule has 0 spiro atoms. The summed E-state index contributed by atoms with van der Waals surface area (Å²) in [5.41, 5.74) is 5.44. The molecule has 0 aromatic rings. The molecule has 0 bridgehead atoms. The fraction of sp³-hybridized carbons (Fsp3) is 0.857. The SMILES string of the molecule is N#C[C@@H](N)C[C@H]1CCOC1. The summed E-state index contributed by atoms with van der Waals surface area (Å²) in [4.78, 5) is 0. The number of nitriles is 1. The summed E-state index contributed by atoms with van der Waals surface area (Å²) in [6, 6.07) is 1.71. The average Bonchev–Trinajstić information content (AvgIpc) is 2.40. The van der Waals surface area contributed by atoms with E-state index in [1.165, 1.54) is 0 Å². The Morgan fingerprint density at radius 2 is 2.60 bits per heavy atom. The molecule has 3 nitrogen and oxygen atoms in total. The van der Waals surface area contributed by atoms with Gasteiger partial charge in [-0.25, -0.2) is 0 Å². The molecule has 0 radical (unpaired) electrons. The van der Waals surface area contributed by atoms with Crippen molar-refractivity contribution in [1.82, 2.24) is 0 Å². The predicted molar refractivity (Wildman–Crippen MR) is 37.1 cm³/mol. The van der Waals surface area contributed by atoms with Gasteiger partial charge in [-0.05, 0) is 18.8 Å². The van der Waals surface area contributed by atoms with Crippen LogP contribution in [0.2, 0.25) is 0 Å². The maximum Gasteiger partial charge on any atom is 0.0931 e. The first-order chi connectivity index (χ1) is 4.83. The number of nitrogens with two attached hydrogens (primary N) is 1. The highest BCUT2D eigenvalue weighted by Crippen LogP contribution is 2.16. The summed E-state index contributed by atoms with van der Waals surface area (Å²) in [7, 11) is 0. The van der Waals surface area contributed by atoms with Crippen molar-refractivity contribution in [2.75, 3.05) is 13.2 Å². The molecule has 0 aromatic carbocycles. The van der Waals surface area contributed by atoms with Gasteiger partial charge in [0.25, 0.3) is 0 Å². The first-order valence-corrected chi connectivity index (χ1v) is 3.56. The van der Waals surface area contributed by atoms with Gasteiger partial charge < -0.3 is 10.5 Å². The molecule has 0 aromatic heterocycles. The quantitative estimate of drug-likeness (QED) is 0.598. The van der Waals surface area contributed by atoms with E-state index in [-0.39, 0.29) is 6.04 Å². The Bertz CT molecular complexity index is 135. The van der Waals surface area contributed by atoms with Crippen LogP contribution in [0.5, 0.6) is 0 Å². The highest BCUT2D eigenvalue weighted by atomic mass is 16.5. The van der Waals surface area contributed by atoms with Crippen LogP contribution in [0.4, 0.5) is 0 Å². The Labute approximate surface area is 60.8 Å². The van der Waals surface area contributed by atoms with Crippen molar-refractivity contribution in [3.05, 3.63) is 0 Å². The molecular formula is C7H12N2O. The zero-order valence-electron chi connectivity index (χ0n) is 5.92. The minimum absolute atomic E-state index is 0.299. The molecule has 2 atom stereocenters. The van der Waals surface area contributed by atoms with Crippen LogP contribution in [-0.4, -0.2) is 19.3 Å². The lowest BCUT2D eigenvalue weighted by atomic mass is 10.0. The number of hydrogen-bond donors (Lipinski definition) is 1. The number of hydrogen-bond acceptors (Lipinski definition) is 3. The molecule has 10 heavy (non-hydrogen) atoms. The van der Waals surface area contributed by atoms with E-state index in [1.807, 2.05) is 6.07 Å². The molecular weight excluding hydrogens is 128 g/mol. The maximum absolute atomic E-state index is 8.38. The molecule has 1 saturated heterocycles. The fourth-order valence-electron chi connectivity index (χ4n) is 1.18. The van der Waals surface area contributed by atoms with Gasteiger partial charge in [0.15, 0.2) is 0 Å². The van der Waals surface area contributed by atoms with Gasteiger partial charge in [-0.2, -0.15) is 5.26 Å². The summed E-state index contributed by atoms with van der Waals surface area (Å²) >= 11 is 0. The summed E-state index contributed by atoms with van der Waals surface area (Å²) in [5, 5.41) is 8.38. The van der Waals surface area contributed by atoms with Crippen LogP contribution in [-0.2, 0) is 4.74 Å². The second-order valence-electron chi connectivity index (χ2n) is 2.70. The van der Waals surface area contributed by atoms with Crippen LogP contribution in [0.25, 0.3) is 0 Å². The van der Waals surface area contributed by atoms with E-state index in [0.717, 1.165) is 26.1 Å². The molecule has 1 aliphatic heterocycles. The van der Waals surface area contributed by atoms with E-state index in [4.69, 9.17) is 15.7 Å². The van der Waals surface area contributed by atoms with Crippen LogP contribution in [0.15, 0.2) is 0 Å². The summed E-state index contributed by atoms with van der Waals surface area (Å²) in [6.07, 6.45) is 1.85. The molecule has 0 aliphatic carbocycles. The van der Waals surface area contributed by atoms with Crippen LogP contribution in [0, 0.1) is 17.2 Å². The van der Waals surface area contributed by atoms with Crippen LogP contribution in [0.1, 0.15) is 12.8 Å². The molecule has 0 unspecified atom stereocenters. The largest absolute Gasteiger partial charge is 0.381 e. The monoisotopic (exact) mass is 140 g/mol. The smallest absolute Gasteiger partial charge is 0.0931 e. The second-order valence-corrected chi connectivity index (χ2v) is 2.70. The molecule has 1 rings (SSSR count). The second kappa shape index (κ2) is 3.55. The lowest BCUT2D eigenvalue weighted by Gasteiger charge is -2.06. The normalized spacial score (nSPS) is 27.8. The third-order valence-corrected chi connectivity index (χ3v) is 1.78. The summed E-state index contributed by atoms with van der Waals surface area (Å²) in [6.45, 7) is 1.62. The van der Waals surface area contributed by atoms with E-state index in [0.29, 0.717) is 5.92 Å². The van der Waals surface area contributed by atoms with E-state index in [2.05, 4.69) is 0 Å². The van der Waals surface area contributed by atoms with Crippen LogP contribution >= 0.6 is 0 Å². The van der Waals surface area contributed by atoms with Crippen LogP contribution in [0.3, 0.4) is 0 Å². The summed E-state index contributed by atoms with van der Waals surface area (Å²) in [5.74, 6) is 0.523. The zero-order valence-corrected chi connectivity index (χ0v) is 5.92. The van der Waals surface area contributed by atoms with Crippen molar-refractivity contribution < 1.29 is 4.74 Å². The lowest BCUT2D eigenvalue weighted by Crippen LogP contribution is -2.21. The predicted octanol–water partition coefficient (Wildman–Crippen LogP) is 0.264. The van der Waals surface area contributed by atoms with Gasteiger partial charge in [0.05, 0.1) is 12.1 Å². The van der Waals surface area contributed by atoms with Crippen molar-refractivity contribution >= 4 is 0 Å². The molecule has 1 heterocycles. The number of rotatable bonds is 2. The fourth-order valence-corrected chi connectivity index (χ4v) is 1.18. The minimum Gasteiger partial charge on any atom is -0.381 e. The molecule has 1 aliphatic rings. The van der Waals surface area contributed by atoms with Crippen molar-refractivity contribution in [2.45, 2.75) is 18.9 Å². The van der Waals surface area contributed by atoms with Gasteiger partial charge in [-0.1, -0.05) is 0 Å². The maximum atomic E-state index is 8.38. The third kappa shape index (κ3) is 1.98. The van der Waals surface area contributed by atoms with Crippen molar-refractivity contribution in [1.29, 1.82) is 5.26 Å². The Kier molecular flexibility index (Phi) is 2.67. The Balaban J connectivity index is 2.19. The number of nitrogens with zero attached hydrogens (tertiary/aromatic N) is 1. The van der Waals surface area contributed by atoms with Crippen molar-refractivity contribution in [3.8, 4) is 6.07 Å². The standard InChI is InChI=1S/C7H12N2O/c8-4-7(9)3-6-1-2-10-5-6/h6-7H,1-3,5,9H2/t6-,7+/m1/s1. The van der Waals surface area contributed by atoms with E-state index < -0.39 is 0 Å². The van der Waals surface area contributed by atoms with E-state index in [1.54, 1.807) is 0 Å². The molecule has 0 saturated carbocycles. The van der Waals surface area contributed by atoms with Gasteiger partial charge in [-0.15, -0.1) is 0 Å². The van der Waals surface area contributed by atoms with E-state index >= 15 is 0 Å². The van der Waals surface area contributed by atoms with E-state index in [9.17, 15) is 0 Å². The highest BCUT2D eigenvalue weighted by Gasteiger charge is 2.17. The highest BCUT2D eigenvalue weighted by molar-refractivity contribution is 4.88. The van der Waals surface area contributed by atoms with Gasteiger partial charge >= 0.3 is 0 Å². The third-order valence-electron chi connectivity index (χ3n) is 1.78.